The van der Waals surface area contributed by atoms with Crippen molar-refractivity contribution in [2.75, 3.05) is 36.5 Å². The van der Waals surface area contributed by atoms with Crippen molar-refractivity contribution < 1.29 is 14.2 Å². The number of anilines is 2. The molecule has 6 nitrogen and oxygen atoms in total. The molecule has 0 radical (unpaired) electrons. The third kappa shape index (κ3) is 3.55. The van der Waals surface area contributed by atoms with Crippen molar-refractivity contribution in [3.8, 4) is 0 Å². The van der Waals surface area contributed by atoms with Gasteiger partial charge in [0.2, 0.25) is 5.95 Å². The number of morpholine rings is 1. The van der Waals surface area contributed by atoms with Gasteiger partial charge in [-0.15, -0.1) is 0 Å². The molecule has 1 aromatic heterocycles. The van der Waals surface area contributed by atoms with E-state index in [9.17, 15) is 9.50 Å². The van der Waals surface area contributed by atoms with Gasteiger partial charge < -0.3 is 20.1 Å². The zero-order valence-electron chi connectivity index (χ0n) is 11.8. The van der Waals surface area contributed by atoms with Crippen LogP contribution in [0.3, 0.4) is 0 Å². The van der Waals surface area contributed by atoms with Gasteiger partial charge in [0.25, 0.3) is 0 Å². The standard InChI is InChI=1S/C13H21FN4O2/c1-3-4-15-13-16-5-11(14)12(17-13)18-6-9(2)20-10(7-18)8-19/h5,9-10,19H,3-4,6-8H2,1-2H3,(H,15,16,17). The van der Waals surface area contributed by atoms with Crippen LogP contribution in [0.2, 0.25) is 0 Å². The Kier molecular flexibility index (Phi) is 5.08. The minimum absolute atomic E-state index is 0.0812. The molecule has 1 aliphatic rings. The lowest BCUT2D eigenvalue weighted by Crippen LogP contribution is -2.48. The molecule has 1 aromatic rings. The van der Waals surface area contributed by atoms with Crippen LogP contribution in [-0.2, 0) is 4.74 Å². The van der Waals surface area contributed by atoms with E-state index in [1.807, 2.05) is 13.8 Å². The molecule has 0 bridgehead atoms. The molecule has 2 rings (SSSR count). The first-order chi connectivity index (χ1) is 9.63. The second-order valence-electron chi connectivity index (χ2n) is 4.95. The van der Waals surface area contributed by atoms with E-state index in [1.165, 1.54) is 6.20 Å². The van der Waals surface area contributed by atoms with Gasteiger partial charge in [0.05, 0.1) is 25.0 Å². The summed E-state index contributed by atoms with van der Waals surface area (Å²) in [5.41, 5.74) is 0. The zero-order valence-corrected chi connectivity index (χ0v) is 11.8. The molecule has 112 valence electrons. The monoisotopic (exact) mass is 284 g/mol. The third-order valence-corrected chi connectivity index (χ3v) is 3.09. The number of nitrogens with one attached hydrogen (secondary N) is 1. The SMILES string of the molecule is CCCNc1ncc(F)c(N2CC(C)OC(CO)C2)n1. The predicted molar refractivity (Wildman–Crippen MR) is 74.4 cm³/mol. The number of hydrogen-bond acceptors (Lipinski definition) is 6. The minimum atomic E-state index is -0.460. The first kappa shape index (κ1) is 14.9. The van der Waals surface area contributed by atoms with Gasteiger partial charge in [-0.2, -0.15) is 4.98 Å². The average molecular weight is 284 g/mol. The average Bonchev–Trinajstić information content (AvgIpc) is 2.45. The largest absolute Gasteiger partial charge is 0.394 e. The first-order valence-corrected chi connectivity index (χ1v) is 6.91. The van der Waals surface area contributed by atoms with Gasteiger partial charge in [-0.25, -0.2) is 9.37 Å². The van der Waals surface area contributed by atoms with Crippen LogP contribution >= 0.6 is 0 Å². The van der Waals surface area contributed by atoms with Gasteiger partial charge >= 0.3 is 0 Å². The Morgan fingerprint density at radius 3 is 3.05 bits per heavy atom. The van der Waals surface area contributed by atoms with Crippen molar-refractivity contribution in [2.45, 2.75) is 32.5 Å². The Morgan fingerprint density at radius 2 is 2.35 bits per heavy atom. The predicted octanol–water partition coefficient (Wildman–Crippen LogP) is 1.02. The number of aliphatic hydroxyl groups is 1. The highest BCUT2D eigenvalue weighted by Crippen LogP contribution is 2.22. The molecular weight excluding hydrogens is 263 g/mol. The van der Waals surface area contributed by atoms with Crippen LogP contribution in [0.5, 0.6) is 0 Å². The van der Waals surface area contributed by atoms with Crippen LogP contribution in [0.1, 0.15) is 20.3 Å². The molecule has 1 fully saturated rings. The summed E-state index contributed by atoms with van der Waals surface area (Å²) >= 11 is 0. The zero-order chi connectivity index (χ0) is 14.5. The second-order valence-corrected chi connectivity index (χ2v) is 4.95. The minimum Gasteiger partial charge on any atom is -0.394 e. The van der Waals surface area contributed by atoms with Crippen LogP contribution in [0.15, 0.2) is 6.20 Å². The van der Waals surface area contributed by atoms with Crippen LogP contribution in [0, 0.1) is 5.82 Å². The van der Waals surface area contributed by atoms with E-state index >= 15 is 0 Å². The maximum atomic E-state index is 13.9. The third-order valence-electron chi connectivity index (χ3n) is 3.09. The summed E-state index contributed by atoms with van der Waals surface area (Å²) in [4.78, 5) is 9.95. The summed E-state index contributed by atoms with van der Waals surface area (Å²) in [6.07, 6.45) is 1.72. The van der Waals surface area contributed by atoms with E-state index in [4.69, 9.17) is 4.74 Å². The number of rotatable bonds is 5. The molecule has 0 amide bonds. The van der Waals surface area contributed by atoms with Gasteiger partial charge in [-0.1, -0.05) is 6.92 Å². The van der Waals surface area contributed by atoms with Crippen LogP contribution in [0.4, 0.5) is 16.2 Å². The van der Waals surface area contributed by atoms with E-state index < -0.39 is 5.82 Å². The van der Waals surface area contributed by atoms with Gasteiger partial charge in [-0.3, -0.25) is 0 Å². The first-order valence-electron chi connectivity index (χ1n) is 6.91. The number of halogens is 1. The molecule has 0 saturated carbocycles. The van der Waals surface area contributed by atoms with E-state index in [-0.39, 0.29) is 24.6 Å². The summed E-state index contributed by atoms with van der Waals surface area (Å²) in [5.74, 6) is 0.216. The van der Waals surface area contributed by atoms with E-state index in [0.29, 0.717) is 19.0 Å². The van der Waals surface area contributed by atoms with E-state index in [2.05, 4.69) is 15.3 Å². The molecule has 2 atom stereocenters. The number of aliphatic hydroxyl groups excluding tert-OH is 1. The maximum absolute atomic E-state index is 13.9. The summed E-state index contributed by atoms with van der Waals surface area (Å²) in [7, 11) is 0. The molecule has 20 heavy (non-hydrogen) atoms. The fourth-order valence-corrected chi connectivity index (χ4v) is 2.22. The Labute approximate surface area is 118 Å². The van der Waals surface area contributed by atoms with Crippen molar-refractivity contribution in [2.24, 2.45) is 0 Å². The Morgan fingerprint density at radius 1 is 1.55 bits per heavy atom. The topological polar surface area (TPSA) is 70.5 Å². The second kappa shape index (κ2) is 6.81. The lowest BCUT2D eigenvalue weighted by Gasteiger charge is -2.36. The Balaban J connectivity index is 2.17. The normalized spacial score (nSPS) is 22.9. The van der Waals surface area contributed by atoms with Gasteiger partial charge in [0, 0.05) is 19.6 Å². The van der Waals surface area contributed by atoms with Crippen molar-refractivity contribution in [1.82, 2.24) is 9.97 Å². The van der Waals surface area contributed by atoms with Crippen LogP contribution in [-0.4, -0.2) is 53.5 Å². The lowest BCUT2D eigenvalue weighted by atomic mass is 10.2. The summed E-state index contributed by atoms with van der Waals surface area (Å²) in [6, 6.07) is 0. The summed E-state index contributed by atoms with van der Waals surface area (Å²) < 4.78 is 19.5. The highest BCUT2D eigenvalue weighted by atomic mass is 19.1. The van der Waals surface area contributed by atoms with Crippen LogP contribution < -0.4 is 10.2 Å². The summed E-state index contributed by atoms with van der Waals surface area (Å²) in [6.45, 7) is 5.54. The molecule has 1 saturated heterocycles. The molecule has 1 aliphatic heterocycles. The van der Waals surface area contributed by atoms with Crippen molar-refractivity contribution in [1.29, 1.82) is 0 Å². The molecule has 2 N–H and O–H groups in total. The van der Waals surface area contributed by atoms with Crippen molar-refractivity contribution in [3.63, 3.8) is 0 Å². The number of aromatic nitrogens is 2. The maximum Gasteiger partial charge on any atom is 0.224 e. The number of nitrogens with zero attached hydrogens (tertiary/aromatic N) is 3. The van der Waals surface area contributed by atoms with Crippen molar-refractivity contribution >= 4 is 11.8 Å². The molecule has 0 spiro atoms. The smallest absolute Gasteiger partial charge is 0.224 e. The number of hydrogen-bond donors (Lipinski definition) is 2. The summed E-state index contributed by atoms with van der Waals surface area (Å²) in [5, 5.41) is 12.3. The molecule has 0 aromatic carbocycles. The van der Waals surface area contributed by atoms with Crippen molar-refractivity contribution in [3.05, 3.63) is 12.0 Å². The molecule has 0 aliphatic carbocycles. The Hall–Kier alpha value is -1.47. The highest BCUT2D eigenvalue weighted by molar-refractivity contribution is 5.44. The highest BCUT2D eigenvalue weighted by Gasteiger charge is 2.27. The molecular formula is C13H21FN4O2. The van der Waals surface area contributed by atoms with Gasteiger partial charge in [0.1, 0.15) is 0 Å². The fraction of sp³-hybridized carbons (Fsp3) is 0.692. The van der Waals surface area contributed by atoms with Gasteiger partial charge in [-0.05, 0) is 13.3 Å². The van der Waals surface area contributed by atoms with Crippen LogP contribution in [0.25, 0.3) is 0 Å². The molecule has 2 heterocycles. The Bertz CT molecular complexity index is 446. The molecule has 7 heteroatoms. The van der Waals surface area contributed by atoms with E-state index in [0.717, 1.165) is 13.0 Å². The quantitative estimate of drug-likeness (QED) is 0.841. The molecule has 2 unspecified atom stereocenters. The number of ether oxygens (including phenoxy) is 1. The fourth-order valence-electron chi connectivity index (χ4n) is 2.22. The lowest BCUT2D eigenvalue weighted by molar-refractivity contribution is -0.0424. The van der Waals surface area contributed by atoms with Gasteiger partial charge in [0.15, 0.2) is 11.6 Å². The van der Waals surface area contributed by atoms with E-state index in [1.54, 1.807) is 4.90 Å².